The van der Waals surface area contributed by atoms with E-state index >= 15 is 0 Å². The highest BCUT2D eigenvalue weighted by atomic mass is 16.2. The highest BCUT2D eigenvalue weighted by Gasteiger charge is 2.15. The van der Waals surface area contributed by atoms with Crippen LogP contribution in [0.15, 0.2) is 103 Å². The lowest BCUT2D eigenvalue weighted by Crippen LogP contribution is -2.41. The SMILES string of the molecule is CC(C)(C)c1ccc(C(=O)Nc2ccc(C(=O)NNC(=O)c3ccc(-c4ccccc4)cc3)cc2)cc1. The normalized spacial score (nSPS) is 10.9. The largest absolute Gasteiger partial charge is 0.322 e. The fraction of sp³-hybridized carbons (Fsp3) is 0.129. The zero-order chi connectivity index (χ0) is 26.4. The minimum Gasteiger partial charge on any atom is -0.322 e. The van der Waals surface area contributed by atoms with Crippen LogP contribution in [0.5, 0.6) is 0 Å². The number of carbonyl (C=O) groups is 3. The maximum Gasteiger partial charge on any atom is 0.269 e. The van der Waals surface area contributed by atoms with E-state index < -0.39 is 11.8 Å². The van der Waals surface area contributed by atoms with E-state index in [-0.39, 0.29) is 11.3 Å². The summed E-state index contributed by atoms with van der Waals surface area (Å²) in [6.07, 6.45) is 0. The Bertz CT molecular complexity index is 1390. The number of hydrogen-bond acceptors (Lipinski definition) is 3. The fourth-order valence-electron chi connectivity index (χ4n) is 3.73. The molecule has 0 aliphatic carbocycles. The molecule has 0 atom stereocenters. The third-order valence-electron chi connectivity index (χ3n) is 5.96. The third-order valence-corrected chi connectivity index (χ3v) is 5.96. The zero-order valence-corrected chi connectivity index (χ0v) is 21.0. The van der Waals surface area contributed by atoms with E-state index in [1.165, 1.54) is 0 Å². The molecule has 0 aliphatic heterocycles. The van der Waals surface area contributed by atoms with Crippen molar-refractivity contribution in [3.8, 4) is 11.1 Å². The molecule has 0 saturated carbocycles. The average molecular weight is 492 g/mol. The molecule has 0 saturated heterocycles. The fourth-order valence-corrected chi connectivity index (χ4v) is 3.73. The number of benzene rings is 4. The van der Waals surface area contributed by atoms with Crippen LogP contribution in [-0.2, 0) is 5.41 Å². The standard InChI is InChI=1S/C31H29N3O3/c1-31(2,3)26-17-13-23(14-18-26)28(35)32-27-19-15-25(16-20-27)30(37)34-33-29(36)24-11-9-22(10-12-24)21-7-5-4-6-8-21/h4-20H,1-3H3,(H,32,35)(H,33,36)(H,34,37). The maximum absolute atomic E-state index is 12.6. The zero-order valence-electron chi connectivity index (χ0n) is 21.0. The van der Waals surface area contributed by atoms with Gasteiger partial charge in [-0.2, -0.15) is 0 Å². The number of hydrogen-bond donors (Lipinski definition) is 3. The van der Waals surface area contributed by atoms with Crippen LogP contribution in [-0.4, -0.2) is 17.7 Å². The smallest absolute Gasteiger partial charge is 0.269 e. The highest BCUT2D eigenvalue weighted by molar-refractivity contribution is 6.04. The molecule has 6 heteroatoms. The van der Waals surface area contributed by atoms with Gasteiger partial charge < -0.3 is 5.32 Å². The van der Waals surface area contributed by atoms with Crippen molar-refractivity contribution in [3.63, 3.8) is 0 Å². The minimum atomic E-state index is -0.468. The second-order valence-corrected chi connectivity index (χ2v) is 9.71. The molecule has 0 aromatic heterocycles. The monoisotopic (exact) mass is 491 g/mol. The second kappa shape index (κ2) is 10.9. The lowest BCUT2D eigenvalue weighted by atomic mass is 9.87. The van der Waals surface area contributed by atoms with Gasteiger partial charge in [0.2, 0.25) is 0 Å². The van der Waals surface area contributed by atoms with Gasteiger partial charge in [0.05, 0.1) is 0 Å². The molecular weight excluding hydrogens is 462 g/mol. The van der Waals surface area contributed by atoms with Crippen LogP contribution in [0.2, 0.25) is 0 Å². The molecule has 4 aromatic rings. The van der Waals surface area contributed by atoms with Crippen molar-refractivity contribution in [1.29, 1.82) is 0 Å². The lowest BCUT2D eigenvalue weighted by Gasteiger charge is -2.19. The van der Waals surface area contributed by atoms with Crippen LogP contribution in [0.4, 0.5) is 5.69 Å². The summed E-state index contributed by atoms with van der Waals surface area (Å²) in [7, 11) is 0. The summed E-state index contributed by atoms with van der Waals surface area (Å²) < 4.78 is 0. The van der Waals surface area contributed by atoms with Crippen molar-refractivity contribution in [2.24, 2.45) is 0 Å². The number of rotatable bonds is 5. The van der Waals surface area contributed by atoms with Crippen molar-refractivity contribution < 1.29 is 14.4 Å². The van der Waals surface area contributed by atoms with Gasteiger partial charge in [-0.3, -0.25) is 25.2 Å². The minimum absolute atomic E-state index is 0.0118. The first-order chi connectivity index (χ1) is 17.7. The first-order valence-corrected chi connectivity index (χ1v) is 12.0. The maximum atomic E-state index is 12.6. The van der Waals surface area contributed by atoms with Gasteiger partial charge in [-0.15, -0.1) is 0 Å². The highest BCUT2D eigenvalue weighted by Crippen LogP contribution is 2.23. The molecule has 0 radical (unpaired) electrons. The number of anilines is 1. The van der Waals surface area contributed by atoms with Crippen LogP contribution in [0.25, 0.3) is 11.1 Å². The third kappa shape index (κ3) is 6.49. The molecule has 0 fully saturated rings. The Morgan fingerprint density at radius 1 is 0.514 bits per heavy atom. The van der Waals surface area contributed by atoms with E-state index in [1.807, 2.05) is 54.6 Å². The average Bonchev–Trinajstić information content (AvgIpc) is 2.92. The Balaban J connectivity index is 1.30. The van der Waals surface area contributed by atoms with Gasteiger partial charge in [-0.05, 0) is 70.6 Å². The molecule has 0 spiro atoms. The van der Waals surface area contributed by atoms with E-state index in [0.29, 0.717) is 22.4 Å². The summed E-state index contributed by atoms with van der Waals surface area (Å²) in [4.78, 5) is 37.5. The van der Waals surface area contributed by atoms with Crippen molar-refractivity contribution in [2.75, 3.05) is 5.32 Å². The molecule has 37 heavy (non-hydrogen) atoms. The molecule has 0 bridgehead atoms. The van der Waals surface area contributed by atoms with Crippen molar-refractivity contribution in [2.45, 2.75) is 26.2 Å². The van der Waals surface area contributed by atoms with E-state index in [1.54, 1.807) is 48.5 Å². The Hall–Kier alpha value is -4.71. The summed E-state index contributed by atoms with van der Waals surface area (Å²) in [6.45, 7) is 6.36. The van der Waals surface area contributed by atoms with Crippen LogP contribution in [0.3, 0.4) is 0 Å². The lowest BCUT2D eigenvalue weighted by molar-refractivity contribution is 0.0846. The molecule has 4 rings (SSSR count). The van der Waals surface area contributed by atoms with Crippen molar-refractivity contribution in [3.05, 3.63) is 125 Å². The van der Waals surface area contributed by atoms with E-state index in [2.05, 4.69) is 36.9 Å². The van der Waals surface area contributed by atoms with E-state index in [0.717, 1.165) is 16.7 Å². The molecule has 0 heterocycles. The van der Waals surface area contributed by atoms with Gasteiger partial charge in [-0.1, -0.05) is 75.4 Å². The molecule has 0 aliphatic rings. The molecule has 4 aromatic carbocycles. The second-order valence-electron chi connectivity index (χ2n) is 9.71. The van der Waals surface area contributed by atoms with E-state index in [4.69, 9.17) is 0 Å². The molecular formula is C31H29N3O3. The quantitative estimate of drug-likeness (QED) is 0.300. The van der Waals surface area contributed by atoms with Gasteiger partial charge in [0, 0.05) is 22.4 Å². The summed E-state index contributed by atoms with van der Waals surface area (Å²) in [6, 6.07) is 30.9. The van der Waals surface area contributed by atoms with Crippen molar-refractivity contribution in [1.82, 2.24) is 10.9 Å². The van der Waals surface area contributed by atoms with Crippen molar-refractivity contribution >= 4 is 23.4 Å². The number of nitrogens with one attached hydrogen (secondary N) is 3. The first kappa shape index (κ1) is 25.4. The number of amides is 3. The van der Waals surface area contributed by atoms with Gasteiger partial charge in [0.1, 0.15) is 0 Å². The van der Waals surface area contributed by atoms with E-state index in [9.17, 15) is 14.4 Å². The molecule has 0 unspecified atom stereocenters. The van der Waals surface area contributed by atoms with Crippen LogP contribution in [0, 0.1) is 0 Å². The first-order valence-electron chi connectivity index (χ1n) is 12.0. The van der Waals surface area contributed by atoms with Crippen LogP contribution >= 0.6 is 0 Å². The topological polar surface area (TPSA) is 87.3 Å². The number of carbonyl (C=O) groups excluding carboxylic acids is 3. The summed E-state index contributed by atoms with van der Waals surface area (Å²) in [5.74, 6) is -1.12. The Morgan fingerprint density at radius 3 is 1.46 bits per heavy atom. The summed E-state index contributed by atoms with van der Waals surface area (Å²) in [5, 5.41) is 2.83. The Labute approximate surface area is 216 Å². The Kier molecular flexibility index (Phi) is 7.49. The van der Waals surface area contributed by atoms with Gasteiger partial charge in [-0.25, -0.2) is 0 Å². The molecule has 3 N–H and O–H groups in total. The summed E-state index contributed by atoms with van der Waals surface area (Å²) >= 11 is 0. The summed E-state index contributed by atoms with van der Waals surface area (Å²) in [5.41, 5.74) is 9.94. The Morgan fingerprint density at radius 2 is 0.946 bits per heavy atom. The molecule has 3 amide bonds. The molecule has 186 valence electrons. The van der Waals surface area contributed by atoms with Gasteiger partial charge in [0.25, 0.3) is 17.7 Å². The number of hydrazine groups is 1. The van der Waals surface area contributed by atoms with Crippen LogP contribution in [0.1, 0.15) is 57.4 Å². The predicted molar refractivity (Wildman–Crippen MR) is 146 cm³/mol. The molecule has 6 nitrogen and oxygen atoms in total. The van der Waals surface area contributed by atoms with Gasteiger partial charge in [0.15, 0.2) is 0 Å². The van der Waals surface area contributed by atoms with Crippen LogP contribution < -0.4 is 16.2 Å². The predicted octanol–water partition coefficient (Wildman–Crippen LogP) is 5.98. The van der Waals surface area contributed by atoms with Gasteiger partial charge >= 0.3 is 0 Å².